The van der Waals surface area contributed by atoms with Crippen molar-refractivity contribution in [2.75, 3.05) is 0 Å². The number of nitrogens with zero attached hydrogens (tertiary/aromatic N) is 5. The van der Waals surface area contributed by atoms with Crippen LogP contribution in [0.3, 0.4) is 0 Å². The lowest BCUT2D eigenvalue weighted by Gasteiger charge is -2.11. The Balaban J connectivity index is 1.15. The third kappa shape index (κ3) is 4.89. The molecule has 0 unspecified atom stereocenters. The van der Waals surface area contributed by atoms with Crippen molar-refractivity contribution in [1.29, 1.82) is 0 Å². The average Bonchev–Trinajstić information content (AvgIpc) is 3.53. The Morgan fingerprint density at radius 3 is 1.81 bits per heavy atom. The molecule has 0 saturated carbocycles. The first-order valence-corrected chi connectivity index (χ1v) is 15.4. The highest BCUT2D eigenvalue weighted by Gasteiger charge is 2.15. The second kappa shape index (κ2) is 11.1. The molecular formula is C41H25N5O. The van der Waals surface area contributed by atoms with E-state index < -0.39 is 0 Å². The smallest absolute Gasteiger partial charge is 0.227 e. The SMILES string of the molecule is c1ccc(-c2nc(-c3ccccc3)nc(-c3cccc(-c4cccc5cnc(-c6ccc7c(n6)oc6ccccc67)cc45)c3)n2)cc1. The summed E-state index contributed by atoms with van der Waals surface area (Å²) in [5.74, 6) is 1.88. The van der Waals surface area contributed by atoms with Gasteiger partial charge < -0.3 is 4.42 Å². The van der Waals surface area contributed by atoms with Gasteiger partial charge in [-0.25, -0.2) is 19.9 Å². The number of aromatic nitrogens is 5. The number of hydrogen-bond donors (Lipinski definition) is 0. The van der Waals surface area contributed by atoms with Gasteiger partial charge in [0.05, 0.1) is 11.4 Å². The zero-order valence-corrected chi connectivity index (χ0v) is 25.1. The Kier molecular flexibility index (Phi) is 6.35. The lowest BCUT2D eigenvalue weighted by Crippen LogP contribution is -2.00. The van der Waals surface area contributed by atoms with Crippen LogP contribution >= 0.6 is 0 Å². The molecule has 0 radical (unpaired) electrons. The quantitative estimate of drug-likeness (QED) is 0.195. The van der Waals surface area contributed by atoms with Gasteiger partial charge in [0.25, 0.3) is 0 Å². The molecule has 4 heterocycles. The maximum atomic E-state index is 6.07. The lowest BCUT2D eigenvalue weighted by atomic mass is 9.97. The molecule has 6 heteroatoms. The molecule has 0 saturated heterocycles. The zero-order valence-electron chi connectivity index (χ0n) is 25.1. The van der Waals surface area contributed by atoms with Crippen LogP contribution in [-0.2, 0) is 0 Å². The van der Waals surface area contributed by atoms with E-state index in [0.29, 0.717) is 23.2 Å². The summed E-state index contributed by atoms with van der Waals surface area (Å²) < 4.78 is 6.07. The summed E-state index contributed by atoms with van der Waals surface area (Å²) in [5, 5.41) is 4.16. The Hall–Kier alpha value is -6.53. The van der Waals surface area contributed by atoms with Gasteiger partial charge in [-0.3, -0.25) is 4.98 Å². The van der Waals surface area contributed by atoms with E-state index in [4.69, 9.17) is 29.3 Å². The van der Waals surface area contributed by atoms with Gasteiger partial charge >= 0.3 is 0 Å². The number of fused-ring (bicyclic) bond motifs is 4. The molecule has 0 amide bonds. The third-order valence-electron chi connectivity index (χ3n) is 8.40. The van der Waals surface area contributed by atoms with Crippen molar-refractivity contribution in [2.24, 2.45) is 0 Å². The molecule has 0 atom stereocenters. The number of benzene rings is 5. The standard InChI is InChI=1S/C41H25N5O/c1-3-11-26(12-4-1)38-44-39(27-13-5-2-6-14-27)46-40(45-38)29-16-9-15-28(23-29)31-19-10-17-30-25-42-36(24-34(30)31)35-22-21-33-32-18-7-8-20-37(32)47-41(33)43-35/h1-25H. The van der Waals surface area contributed by atoms with E-state index in [1.165, 1.54) is 0 Å². The number of para-hydroxylation sites is 1. The second-order valence-electron chi connectivity index (χ2n) is 11.4. The van der Waals surface area contributed by atoms with Gasteiger partial charge in [0, 0.05) is 39.0 Å². The van der Waals surface area contributed by atoms with E-state index in [9.17, 15) is 0 Å². The molecule has 0 fully saturated rings. The van der Waals surface area contributed by atoms with E-state index in [0.717, 1.165) is 66.3 Å². The summed E-state index contributed by atoms with van der Waals surface area (Å²) in [6.45, 7) is 0. The number of furan rings is 1. The largest absolute Gasteiger partial charge is 0.438 e. The van der Waals surface area contributed by atoms with Crippen LogP contribution in [0.15, 0.2) is 156 Å². The van der Waals surface area contributed by atoms with Crippen LogP contribution in [0.25, 0.3) is 89.5 Å². The molecule has 0 aliphatic heterocycles. The molecule has 4 aromatic heterocycles. The fourth-order valence-electron chi connectivity index (χ4n) is 6.07. The maximum absolute atomic E-state index is 6.07. The Labute approximate surface area is 270 Å². The Morgan fingerprint density at radius 1 is 0.404 bits per heavy atom. The first kappa shape index (κ1) is 26.8. The van der Waals surface area contributed by atoms with Crippen molar-refractivity contribution in [3.63, 3.8) is 0 Å². The van der Waals surface area contributed by atoms with Crippen LogP contribution in [0.1, 0.15) is 0 Å². The summed E-state index contributed by atoms with van der Waals surface area (Å²) in [5.41, 5.74) is 7.88. The molecule has 0 bridgehead atoms. The number of hydrogen-bond acceptors (Lipinski definition) is 6. The van der Waals surface area contributed by atoms with E-state index in [1.807, 2.05) is 97.2 Å². The maximum Gasteiger partial charge on any atom is 0.227 e. The van der Waals surface area contributed by atoms with Gasteiger partial charge in [-0.1, -0.05) is 115 Å². The van der Waals surface area contributed by atoms with Gasteiger partial charge in [0.1, 0.15) is 5.58 Å². The van der Waals surface area contributed by atoms with Gasteiger partial charge in [0.15, 0.2) is 17.5 Å². The summed E-state index contributed by atoms with van der Waals surface area (Å²) in [7, 11) is 0. The number of rotatable bonds is 5. The van der Waals surface area contributed by atoms with Crippen LogP contribution in [0.2, 0.25) is 0 Å². The molecular weight excluding hydrogens is 578 g/mol. The molecule has 220 valence electrons. The van der Waals surface area contributed by atoms with Crippen molar-refractivity contribution in [1.82, 2.24) is 24.9 Å². The van der Waals surface area contributed by atoms with Crippen molar-refractivity contribution < 1.29 is 4.42 Å². The second-order valence-corrected chi connectivity index (χ2v) is 11.4. The lowest BCUT2D eigenvalue weighted by molar-refractivity contribution is 0.654. The van der Waals surface area contributed by atoms with Crippen molar-refractivity contribution in [2.45, 2.75) is 0 Å². The van der Waals surface area contributed by atoms with Crippen LogP contribution in [-0.4, -0.2) is 24.9 Å². The van der Waals surface area contributed by atoms with E-state index >= 15 is 0 Å². The molecule has 9 rings (SSSR count). The van der Waals surface area contributed by atoms with E-state index in [1.54, 1.807) is 0 Å². The zero-order chi connectivity index (χ0) is 31.2. The van der Waals surface area contributed by atoms with E-state index in [2.05, 4.69) is 54.6 Å². The Morgan fingerprint density at radius 2 is 1.04 bits per heavy atom. The number of pyridine rings is 2. The highest BCUT2D eigenvalue weighted by molar-refractivity contribution is 6.04. The summed E-state index contributed by atoms with van der Waals surface area (Å²) in [6, 6.07) is 48.9. The van der Waals surface area contributed by atoms with Crippen LogP contribution in [0.5, 0.6) is 0 Å². The van der Waals surface area contributed by atoms with Gasteiger partial charge in [-0.2, -0.15) is 0 Å². The first-order valence-electron chi connectivity index (χ1n) is 15.4. The first-order chi connectivity index (χ1) is 23.3. The molecule has 5 aromatic carbocycles. The van der Waals surface area contributed by atoms with Crippen LogP contribution in [0, 0.1) is 0 Å². The predicted molar refractivity (Wildman–Crippen MR) is 187 cm³/mol. The monoisotopic (exact) mass is 603 g/mol. The van der Waals surface area contributed by atoms with Crippen LogP contribution < -0.4 is 0 Å². The topological polar surface area (TPSA) is 77.6 Å². The summed E-state index contributed by atoms with van der Waals surface area (Å²) in [4.78, 5) is 24.4. The van der Waals surface area contributed by atoms with Crippen molar-refractivity contribution in [3.05, 3.63) is 152 Å². The van der Waals surface area contributed by atoms with Gasteiger partial charge in [0.2, 0.25) is 5.71 Å². The highest BCUT2D eigenvalue weighted by Crippen LogP contribution is 2.35. The Bertz CT molecular complexity index is 2520. The minimum absolute atomic E-state index is 0.605. The molecule has 0 N–H and O–H groups in total. The van der Waals surface area contributed by atoms with E-state index in [-0.39, 0.29) is 0 Å². The molecule has 6 nitrogen and oxygen atoms in total. The summed E-state index contributed by atoms with van der Waals surface area (Å²) in [6.07, 6.45) is 1.91. The molecule has 9 aromatic rings. The van der Waals surface area contributed by atoms with Gasteiger partial charge in [-0.05, 0) is 46.8 Å². The minimum atomic E-state index is 0.605. The molecule has 0 aliphatic carbocycles. The predicted octanol–water partition coefficient (Wildman–Crippen LogP) is 10.0. The average molecular weight is 604 g/mol. The fourth-order valence-corrected chi connectivity index (χ4v) is 6.07. The molecule has 0 spiro atoms. The highest BCUT2D eigenvalue weighted by atomic mass is 16.3. The minimum Gasteiger partial charge on any atom is -0.438 e. The molecule has 0 aliphatic rings. The third-order valence-corrected chi connectivity index (χ3v) is 8.40. The van der Waals surface area contributed by atoms with Crippen molar-refractivity contribution >= 4 is 32.8 Å². The fraction of sp³-hybridized carbons (Fsp3) is 0. The molecule has 47 heavy (non-hydrogen) atoms. The van der Waals surface area contributed by atoms with Gasteiger partial charge in [-0.15, -0.1) is 0 Å². The van der Waals surface area contributed by atoms with Crippen molar-refractivity contribution in [3.8, 4) is 56.7 Å². The summed E-state index contributed by atoms with van der Waals surface area (Å²) >= 11 is 0. The van der Waals surface area contributed by atoms with Crippen LogP contribution in [0.4, 0.5) is 0 Å². The normalized spacial score (nSPS) is 11.4.